The van der Waals surface area contributed by atoms with Crippen LogP contribution < -0.4 is 11.1 Å². The number of hydrogen-bond donors (Lipinski definition) is 2. The van der Waals surface area contributed by atoms with Crippen LogP contribution in [0.25, 0.3) is 0 Å². The SMILES string of the molecule is Cc1cccnc1NC(=O)c1ccc(N)c(F)c1. The maximum Gasteiger partial charge on any atom is 0.256 e. The van der Waals surface area contributed by atoms with Crippen LogP contribution in [0.3, 0.4) is 0 Å². The molecular weight excluding hydrogens is 233 g/mol. The van der Waals surface area contributed by atoms with E-state index in [1.807, 2.05) is 13.0 Å². The first-order valence-electron chi connectivity index (χ1n) is 5.36. The van der Waals surface area contributed by atoms with E-state index < -0.39 is 11.7 Å². The third-order valence-corrected chi connectivity index (χ3v) is 2.50. The summed E-state index contributed by atoms with van der Waals surface area (Å²) in [5.41, 5.74) is 6.40. The Labute approximate surface area is 104 Å². The first-order valence-corrected chi connectivity index (χ1v) is 5.36. The predicted octanol–water partition coefficient (Wildman–Crippen LogP) is 2.36. The second-order valence-corrected chi connectivity index (χ2v) is 3.86. The van der Waals surface area contributed by atoms with Crippen molar-refractivity contribution in [2.75, 3.05) is 11.1 Å². The van der Waals surface area contributed by atoms with Crippen LogP contribution in [0, 0.1) is 12.7 Å². The van der Waals surface area contributed by atoms with Crippen LogP contribution in [0.5, 0.6) is 0 Å². The maximum absolute atomic E-state index is 13.2. The minimum absolute atomic E-state index is 0.0144. The number of nitrogens with one attached hydrogen (secondary N) is 1. The third kappa shape index (κ3) is 2.45. The molecule has 0 spiro atoms. The Morgan fingerprint density at radius 3 is 2.83 bits per heavy atom. The zero-order chi connectivity index (χ0) is 13.1. The lowest BCUT2D eigenvalue weighted by Crippen LogP contribution is -2.14. The Kier molecular flexibility index (Phi) is 3.23. The highest BCUT2D eigenvalue weighted by atomic mass is 19.1. The van der Waals surface area contributed by atoms with Gasteiger partial charge in [-0.05, 0) is 36.8 Å². The highest BCUT2D eigenvalue weighted by Crippen LogP contribution is 2.15. The standard InChI is InChI=1S/C13H12FN3O/c1-8-3-2-6-16-12(8)17-13(18)9-4-5-11(15)10(14)7-9/h2-7H,15H2,1H3,(H,16,17,18). The van der Waals surface area contributed by atoms with Gasteiger partial charge in [-0.1, -0.05) is 6.07 Å². The summed E-state index contributed by atoms with van der Waals surface area (Å²) >= 11 is 0. The summed E-state index contributed by atoms with van der Waals surface area (Å²) in [6, 6.07) is 7.52. The molecule has 0 saturated carbocycles. The fourth-order valence-electron chi connectivity index (χ4n) is 1.46. The van der Waals surface area contributed by atoms with Crippen molar-refractivity contribution in [3.8, 4) is 0 Å². The van der Waals surface area contributed by atoms with Gasteiger partial charge in [0.15, 0.2) is 0 Å². The third-order valence-electron chi connectivity index (χ3n) is 2.50. The summed E-state index contributed by atoms with van der Waals surface area (Å²) in [6.07, 6.45) is 1.58. The Hall–Kier alpha value is -2.43. The average Bonchev–Trinajstić information content (AvgIpc) is 2.35. The molecule has 3 N–H and O–H groups in total. The number of nitrogens with two attached hydrogens (primary N) is 1. The molecule has 1 aromatic heterocycles. The second kappa shape index (κ2) is 4.83. The molecule has 0 aliphatic heterocycles. The van der Waals surface area contributed by atoms with Gasteiger partial charge in [0.25, 0.3) is 5.91 Å². The van der Waals surface area contributed by atoms with Gasteiger partial charge in [0.05, 0.1) is 5.69 Å². The van der Waals surface area contributed by atoms with Crippen molar-refractivity contribution in [3.63, 3.8) is 0 Å². The minimum Gasteiger partial charge on any atom is -0.396 e. The Morgan fingerprint density at radius 2 is 2.17 bits per heavy atom. The van der Waals surface area contributed by atoms with E-state index in [2.05, 4.69) is 10.3 Å². The van der Waals surface area contributed by atoms with Gasteiger partial charge < -0.3 is 11.1 Å². The summed E-state index contributed by atoms with van der Waals surface area (Å²) in [4.78, 5) is 15.9. The van der Waals surface area contributed by atoms with Crippen LogP contribution in [-0.2, 0) is 0 Å². The number of nitrogen functional groups attached to an aromatic ring is 1. The molecule has 1 aromatic carbocycles. The maximum atomic E-state index is 13.2. The van der Waals surface area contributed by atoms with Gasteiger partial charge in [-0.2, -0.15) is 0 Å². The van der Waals surface area contributed by atoms with Crippen LogP contribution in [0.4, 0.5) is 15.9 Å². The Bertz CT molecular complexity index is 599. The Balaban J connectivity index is 2.22. The first-order chi connectivity index (χ1) is 8.58. The number of anilines is 2. The van der Waals surface area contributed by atoms with Gasteiger partial charge in [-0.15, -0.1) is 0 Å². The fraction of sp³-hybridized carbons (Fsp3) is 0.0769. The van der Waals surface area contributed by atoms with Gasteiger partial charge in [-0.25, -0.2) is 9.37 Å². The van der Waals surface area contributed by atoms with E-state index in [9.17, 15) is 9.18 Å². The number of rotatable bonds is 2. The lowest BCUT2D eigenvalue weighted by molar-refractivity contribution is 0.102. The van der Waals surface area contributed by atoms with Crippen LogP contribution in [-0.4, -0.2) is 10.9 Å². The molecule has 18 heavy (non-hydrogen) atoms. The molecule has 0 aliphatic carbocycles. The number of amides is 1. The van der Waals surface area contributed by atoms with E-state index in [4.69, 9.17) is 5.73 Å². The molecule has 0 fully saturated rings. The average molecular weight is 245 g/mol. The molecule has 0 saturated heterocycles. The summed E-state index contributed by atoms with van der Waals surface area (Å²) in [5.74, 6) is -0.573. The largest absolute Gasteiger partial charge is 0.396 e. The number of carbonyl (C=O) groups excluding carboxylic acids is 1. The topological polar surface area (TPSA) is 68.0 Å². The molecule has 0 aliphatic rings. The minimum atomic E-state index is -0.611. The molecule has 0 radical (unpaired) electrons. The fourth-order valence-corrected chi connectivity index (χ4v) is 1.46. The van der Waals surface area contributed by atoms with E-state index in [1.165, 1.54) is 12.1 Å². The van der Waals surface area contributed by atoms with Crippen molar-refractivity contribution < 1.29 is 9.18 Å². The zero-order valence-corrected chi connectivity index (χ0v) is 9.77. The van der Waals surface area contributed by atoms with Gasteiger partial charge in [0.2, 0.25) is 0 Å². The van der Waals surface area contributed by atoms with Crippen molar-refractivity contribution in [1.29, 1.82) is 0 Å². The molecule has 2 rings (SSSR count). The van der Waals surface area contributed by atoms with Gasteiger partial charge in [-0.3, -0.25) is 4.79 Å². The number of nitrogens with zero attached hydrogens (tertiary/aromatic N) is 1. The summed E-state index contributed by atoms with van der Waals surface area (Å²) in [7, 11) is 0. The molecular formula is C13H12FN3O. The molecule has 5 heteroatoms. The van der Waals surface area contributed by atoms with Crippen molar-refractivity contribution in [3.05, 3.63) is 53.5 Å². The lowest BCUT2D eigenvalue weighted by Gasteiger charge is -2.07. The van der Waals surface area contributed by atoms with Gasteiger partial charge in [0.1, 0.15) is 11.6 Å². The Morgan fingerprint density at radius 1 is 1.39 bits per heavy atom. The van der Waals surface area contributed by atoms with Crippen LogP contribution >= 0.6 is 0 Å². The first kappa shape index (κ1) is 12.0. The number of aryl methyl sites for hydroxylation is 1. The van der Waals surface area contributed by atoms with Crippen molar-refractivity contribution in [2.24, 2.45) is 0 Å². The number of halogens is 1. The van der Waals surface area contributed by atoms with Crippen molar-refractivity contribution in [1.82, 2.24) is 4.98 Å². The van der Waals surface area contributed by atoms with Crippen LogP contribution in [0.2, 0.25) is 0 Å². The van der Waals surface area contributed by atoms with E-state index in [0.717, 1.165) is 11.6 Å². The number of carbonyl (C=O) groups is 1. The highest BCUT2D eigenvalue weighted by Gasteiger charge is 2.10. The lowest BCUT2D eigenvalue weighted by atomic mass is 10.2. The van der Waals surface area contributed by atoms with Gasteiger partial charge >= 0.3 is 0 Å². The van der Waals surface area contributed by atoms with Crippen LogP contribution in [0.1, 0.15) is 15.9 Å². The molecule has 0 atom stereocenters. The molecule has 2 aromatic rings. The van der Waals surface area contributed by atoms with E-state index in [1.54, 1.807) is 12.3 Å². The van der Waals surface area contributed by atoms with Gasteiger partial charge in [0, 0.05) is 11.8 Å². The van der Waals surface area contributed by atoms with E-state index in [-0.39, 0.29) is 11.3 Å². The number of hydrogen-bond acceptors (Lipinski definition) is 3. The van der Waals surface area contributed by atoms with E-state index in [0.29, 0.717) is 5.82 Å². The zero-order valence-electron chi connectivity index (χ0n) is 9.77. The predicted molar refractivity (Wildman–Crippen MR) is 67.7 cm³/mol. The molecule has 92 valence electrons. The molecule has 1 amide bonds. The van der Waals surface area contributed by atoms with Crippen LogP contribution in [0.15, 0.2) is 36.5 Å². The monoisotopic (exact) mass is 245 g/mol. The summed E-state index contributed by atoms with van der Waals surface area (Å²) in [5, 5.41) is 2.62. The summed E-state index contributed by atoms with van der Waals surface area (Å²) in [6.45, 7) is 1.83. The molecule has 1 heterocycles. The van der Waals surface area contributed by atoms with Crippen molar-refractivity contribution >= 4 is 17.4 Å². The number of aromatic nitrogens is 1. The highest BCUT2D eigenvalue weighted by molar-refractivity contribution is 6.04. The number of pyridine rings is 1. The van der Waals surface area contributed by atoms with E-state index >= 15 is 0 Å². The molecule has 0 unspecified atom stereocenters. The van der Waals surface area contributed by atoms with Crippen molar-refractivity contribution in [2.45, 2.75) is 6.92 Å². The normalized spacial score (nSPS) is 10.1. The number of benzene rings is 1. The summed E-state index contributed by atoms with van der Waals surface area (Å²) < 4.78 is 13.2. The molecule has 0 bridgehead atoms. The quantitative estimate of drug-likeness (QED) is 0.798. The molecule has 4 nitrogen and oxygen atoms in total. The smallest absolute Gasteiger partial charge is 0.256 e. The second-order valence-electron chi connectivity index (χ2n) is 3.86.